The molecule has 4 bridgehead atoms. The highest BCUT2D eigenvalue weighted by Crippen LogP contribution is 2.59. The van der Waals surface area contributed by atoms with Crippen LogP contribution in [-0.4, -0.2) is 8.83 Å². The number of halogens is 1. The van der Waals surface area contributed by atoms with Crippen molar-refractivity contribution in [2.75, 3.05) is 0 Å². The molecule has 22 heavy (non-hydrogen) atoms. The Balaban J connectivity index is 1.67. The summed E-state index contributed by atoms with van der Waals surface area (Å²) in [6.07, 6.45) is 12.0. The maximum atomic E-state index is 6.24. The first-order chi connectivity index (χ1) is 10.8. The van der Waals surface area contributed by atoms with E-state index in [2.05, 4.69) is 48.9 Å². The smallest absolute Gasteiger partial charge is 0.171 e. The predicted octanol–water partition coefficient (Wildman–Crippen LogP) is 4.95. The highest BCUT2D eigenvalue weighted by Gasteiger charge is 2.52. The lowest BCUT2D eigenvalue weighted by Crippen LogP contribution is -2.31. The van der Waals surface area contributed by atoms with Gasteiger partial charge in [0, 0.05) is 11.8 Å². The fourth-order valence-electron chi connectivity index (χ4n) is 5.62. The van der Waals surface area contributed by atoms with Gasteiger partial charge >= 0.3 is 0 Å². The van der Waals surface area contributed by atoms with E-state index >= 15 is 0 Å². The van der Waals surface area contributed by atoms with Gasteiger partial charge in [0.25, 0.3) is 0 Å². The molecular weight excluding hydrogens is 304 g/mol. The van der Waals surface area contributed by atoms with Crippen LogP contribution in [0.3, 0.4) is 0 Å². The highest BCUT2D eigenvalue weighted by atomic mass is 35.6. The standard InChI is InChI=1S/C20H21ClSi/c1-3-12-9-14-5-7-16(12)19(14)18(11-22-21)20-15-6-8-17(20)13(4-2)10-15/h5-8,14-20H,1-2,9-11H2. The molecule has 0 nitrogen and oxygen atoms in total. The molecule has 4 aliphatic carbocycles. The van der Waals surface area contributed by atoms with Gasteiger partial charge in [-0.25, -0.2) is 0 Å². The van der Waals surface area contributed by atoms with E-state index in [-0.39, 0.29) is 0 Å². The quantitative estimate of drug-likeness (QED) is 0.297. The molecule has 0 amide bonds. The van der Waals surface area contributed by atoms with E-state index in [1.807, 2.05) is 0 Å². The van der Waals surface area contributed by atoms with Crippen molar-refractivity contribution in [1.82, 2.24) is 0 Å². The van der Waals surface area contributed by atoms with Gasteiger partial charge in [0.2, 0.25) is 0 Å². The minimum atomic E-state index is 0.517. The summed E-state index contributed by atoms with van der Waals surface area (Å²) in [6.45, 7) is 7.82. The maximum Gasteiger partial charge on any atom is 0.172 e. The summed E-state index contributed by atoms with van der Waals surface area (Å²) < 4.78 is 0. The minimum absolute atomic E-state index is 0.517. The molecule has 0 spiro atoms. The summed E-state index contributed by atoms with van der Waals surface area (Å²) in [6, 6.07) is 1.15. The molecule has 2 heteroatoms. The van der Waals surface area contributed by atoms with E-state index in [1.54, 1.807) is 0 Å². The lowest BCUT2D eigenvalue weighted by Gasteiger charge is -2.34. The van der Waals surface area contributed by atoms with E-state index < -0.39 is 0 Å². The van der Waals surface area contributed by atoms with Crippen LogP contribution in [0.25, 0.3) is 0 Å². The SMILES string of the molecule is C=C=C1CC2C=CC1C2C(C[Si]Cl)C1C2C=CC1C(=C=C)C2. The van der Waals surface area contributed by atoms with Gasteiger partial charge in [0.05, 0.1) is 0 Å². The molecule has 0 saturated heterocycles. The van der Waals surface area contributed by atoms with Crippen LogP contribution in [0.4, 0.5) is 0 Å². The van der Waals surface area contributed by atoms with Crippen molar-refractivity contribution >= 4 is 19.9 Å². The lowest BCUT2D eigenvalue weighted by molar-refractivity contribution is 0.181. The first-order valence-electron chi connectivity index (χ1n) is 8.26. The number of allylic oxidation sites excluding steroid dienone is 6. The van der Waals surface area contributed by atoms with Crippen LogP contribution < -0.4 is 0 Å². The summed E-state index contributed by atoms with van der Waals surface area (Å²) in [5.74, 6) is 4.63. The first kappa shape index (κ1) is 14.6. The Bertz CT molecular complexity index is 591. The van der Waals surface area contributed by atoms with Gasteiger partial charge < -0.3 is 0 Å². The van der Waals surface area contributed by atoms with Crippen molar-refractivity contribution in [3.8, 4) is 0 Å². The zero-order chi connectivity index (χ0) is 15.3. The van der Waals surface area contributed by atoms with Crippen molar-refractivity contribution < 1.29 is 0 Å². The Morgan fingerprint density at radius 2 is 1.50 bits per heavy atom. The zero-order valence-corrected chi connectivity index (χ0v) is 14.5. The van der Waals surface area contributed by atoms with Crippen LogP contribution in [0, 0.1) is 41.4 Å². The number of rotatable bonds is 4. The molecule has 2 saturated carbocycles. The normalized spacial score (nSPS) is 42.0. The number of hydrogen-bond donors (Lipinski definition) is 0. The van der Waals surface area contributed by atoms with E-state index in [0.717, 1.165) is 30.7 Å². The first-order valence-corrected chi connectivity index (χ1v) is 10.5. The third kappa shape index (κ3) is 1.97. The topological polar surface area (TPSA) is 0 Å². The van der Waals surface area contributed by atoms with Crippen LogP contribution in [0.2, 0.25) is 6.04 Å². The van der Waals surface area contributed by atoms with Crippen LogP contribution in [0.1, 0.15) is 12.8 Å². The summed E-state index contributed by atoms with van der Waals surface area (Å²) in [7, 11) is 0.517. The third-order valence-electron chi connectivity index (χ3n) is 6.42. The number of fused-ring (bicyclic) bond motifs is 4. The van der Waals surface area contributed by atoms with Gasteiger partial charge in [-0.2, -0.15) is 11.1 Å². The van der Waals surface area contributed by atoms with Gasteiger partial charge in [-0.3, -0.25) is 0 Å². The molecule has 6 atom stereocenters. The molecule has 0 aliphatic heterocycles. The Hall–Kier alpha value is -0.973. The van der Waals surface area contributed by atoms with Gasteiger partial charge in [-0.1, -0.05) is 37.5 Å². The monoisotopic (exact) mass is 324 g/mol. The molecule has 112 valence electrons. The summed E-state index contributed by atoms with van der Waals surface area (Å²) >= 11 is 6.24. The molecule has 0 N–H and O–H groups in total. The van der Waals surface area contributed by atoms with Gasteiger partial charge in [0.15, 0.2) is 8.83 Å². The van der Waals surface area contributed by atoms with E-state index in [9.17, 15) is 0 Å². The molecule has 0 aromatic carbocycles. The van der Waals surface area contributed by atoms with Crippen LogP contribution >= 0.6 is 11.1 Å². The average molecular weight is 325 g/mol. The molecule has 4 rings (SSSR count). The van der Waals surface area contributed by atoms with E-state index in [1.165, 1.54) is 11.1 Å². The minimum Gasteiger partial charge on any atom is -0.171 e. The summed E-state index contributed by atoms with van der Waals surface area (Å²) in [5.41, 5.74) is 9.28. The second-order valence-corrected chi connectivity index (χ2v) is 8.59. The molecule has 4 aliphatic rings. The van der Waals surface area contributed by atoms with Crippen molar-refractivity contribution in [3.05, 3.63) is 60.1 Å². The van der Waals surface area contributed by atoms with E-state index in [4.69, 9.17) is 11.1 Å². The fraction of sp³-hybridized carbons (Fsp3) is 0.500. The maximum absolute atomic E-state index is 6.24. The Labute approximate surface area is 140 Å². The molecule has 2 fully saturated rings. The molecule has 6 unspecified atom stereocenters. The largest absolute Gasteiger partial charge is 0.172 e. The molecule has 0 aromatic rings. The third-order valence-corrected chi connectivity index (χ3v) is 7.51. The van der Waals surface area contributed by atoms with Crippen molar-refractivity contribution in [1.29, 1.82) is 0 Å². The average Bonchev–Trinajstić information content (AvgIpc) is 3.30. The number of hydrogen-bond acceptors (Lipinski definition) is 0. The highest BCUT2D eigenvalue weighted by molar-refractivity contribution is 6.93. The Morgan fingerprint density at radius 3 is 1.86 bits per heavy atom. The summed E-state index contributed by atoms with van der Waals surface area (Å²) in [5, 5.41) is 0. The zero-order valence-electron chi connectivity index (χ0n) is 12.8. The molecule has 0 heterocycles. The van der Waals surface area contributed by atoms with Gasteiger partial charge in [0.1, 0.15) is 0 Å². The summed E-state index contributed by atoms with van der Waals surface area (Å²) in [4.78, 5) is 0. The molecule has 0 aromatic heterocycles. The Kier molecular flexibility index (Phi) is 3.71. The van der Waals surface area contributed by atoms with Crippen molar-refractivity contribution in [2.45, 2.75) is 18.9 Å². The molecule has 2 radical (unpaired) electrons. The van der Waals surface area contributed by atoms with Crippen LogP contribution in [0.5, 0.6) is 0 Å². The lowest BCUT2D eigenvalue weighted by atomic mass is 9.72. The molecular formula is C20H21ClSi. The Morgan fingerprint density at radius 1 is 1.00 bits per heavy atom. The van der Waals surface area contributed by atoms with Crippen LogP contribution in [-0.2, 0) is 0 Å². The van der Waals surface area contributed by atoms with Crippen molar-refractivity contribution in [2.24, 2.45) is 41.4 Å². The fourth-order valence-corrected chi connectivity index (χ4v) is 6.88. The van der Waals surface area contributed by atoms with Gasteiger partial charge in [-0.15, -0.1) is 11.5 Å². The predicted molar refractivity (Wildman–Crippen MR) is 93.7 cm³/mol. The second-order valence-electron chi connectivity index (χ2n) is 7.12. The van der Waals surface area contributed by atoms with Crippen molar-refractivity contribution in [3.63, 3.8) is 0 Å². The van der Waals surface area contributed by atoms with Crippen LogP contribution in [0.15, 0.2) is 60.1 Å². The second kappa shape index (κ2) is 5.59. The van der Waals surface area contributed by atoms with E-state index in [0.29, 0.717) is 38.4 Å². The van der Waals surface area contributed by atoms with Gasteiger partial charge in [-0.05, 0) is 59.6 Å².